The molecular weight excluding hydrogens is 290 g/mol. The third-order valence-electron chi connectivity index (χ3n) is 3.86. The number of fused-ring (bicyclic) bond motifs is 2. The second-order valence-corrected chi connectivity index (χ2v) is 5.14. The highest BCUT2D eigenvalue weighted by atomic mass is 16.2. The van der Waals surface area contributed by atoms with Crippen molar-refractivity contribution in [3.8, 4) is 11.4 Å². The molecule has 22 heavy (non-hydrogen) atoms. The first-order chi connectivity index (χ1) is 10.3. The van der Waals surface area contributed by atoms with E-state index in [9.17, 15) is 19.2 Å². The Labute approximate surface area is 122 Å². The van der Waals surface area contributed by atoms with Gasteiger partial charge in [0.15, 0.2) is 5.82 Å². The summed E-state index contributed by atoms with van der Waals surface area (Å²) in [5.74, 6) is 0.129. The molecule has 0 fully saturated rings. The van der Waals surface area contributed by atoms with Crippen molar-refractivity contribution in [2.45, 2.75) is 0 Å². The van der Waals surface area contributed by atoms with Gasteiger partial charge in [-0.05, 0) is 6.07 Å². The van der Waals surface area contributed by atoms with Crippen LogP contribution in [0.1, 0.15) is 0 Å². The van der Waals surface area contributed by atoms with Crippen LogP contribution in [0.2, 0.25) is 0 Å². The molecule has 0 aromatic carbocycles. The van der Waals surface area contributed by atoms with Crippen molar-refractivity contribution in [3.05, 3.63) is 47.7 Å². The molecule has 0 amide bonds. The molecule has 0 N–H and O–H groups in total. The lowest BCUT2D eigenvalue weighted by Gasteiger charge is -2.16. The average molecular weight is 303 g/mol. The van der Waals surface area contributed by atoms with Gasteiger partial charge < -0.3 is 4.57 Å². The fourth-order valence-corrected chi connectivity index (χ4v) is 2.61. The molecule has 0 atom stereocenters. The number of hydrogen-bond acceptors (Lipinski definition) is 5. The van der Waals surface area contributed by atoms with Crippen LogP contribution in [0.15, 0.2) is 25.2 Å². The Bertz CT molecular complexity index is 1140. The molecule has 114 valence electrons. The minimum absolute atomic E-state index is 0.129. The highest BCUT2D eigenvalue weighted by molar-refractivity contribution is 5.81. The Morgan fingerprint density at radius 1 is 0.818 bits per heavy atom. The lowest BCUT2D eigenvalue weighted by Crippen LogP contribution is -2.40. The molecule has 0 unspecified atom stereocenters. The summed E-state index contributed by atoms with van der Waals surface area (Å²) in [4.78, 5) is 52.1. The Balaban J connectivity index is 2.79. The van der Waals surface area contributed by atoms with Crippen molar-refractivity contribution in [1.29, 1.82) is 0 Å². The summed E-state index contributed by atoms with van der Waals surface area (Å²) in [5.41, 5.74) is -1.80. The molecule has 0 spiro atoms. The molecule has 2 aliphatic heterocycles. The smallest absolute Gasteiger partial charge is 0.314 e. The number of hydrogen-bond donors (Lipinski definition) is 0. The fraction of sp³-hybridized carbons (Fsp3) is 0.308. The molecule has 1 aromatic heterocycles. The van der Waals surface area contributed by atoms with E-state index in [2.05, 4.69) is 4.98 Å². The zero-order chi connectivity index (χ0) is 16.3. The third kappa shape index (κ3) is 1.56. The van der Waals surface area contributed by atoms with E-state index < -0.39 is 22.5 Å². The van der Waals surface area contributed by atoms with E-state index in [0.29, 0.717) is 5.65 Å². The average Bonchev–Trinajstić information content (AvgIpc) is 2.49. The van der Waals surface area contributed by atoms with Crippen molar-refractivity contribution in [3.63, 3.8) is 0 Å². The summed E-state index contributed by atoms with van der Waals surface area (Å²) in [7, 11) is 5.75. The van der Waals surface area contributed by atoms with Crippen LogP contribution in [-0.4, -0.2) is 23.3 Å². The van der Waals surface area contributed by atoms with Gasteiger partial charge in [-0.3, -0.25) is 23.3 Å². The third-order valence-corrected chi connectivity index (χ3v) is 3.86. The number of rotatable bonds is 0. The molecule has 0 aliphatic carbocycles. The van der Waals surface area contributed by atoms with E-state index in [-0.39, 0.29) is 16.8 Å². The Morgan fingerprint density at radius 2 is 1.45 bits per heavy atom. The van der Waals surface area contributed by atoms with Crippen LogP contribution >= 0.6 is 0 Å². The maximum Gasteiger partial charge on any atom is 0.352 e. The van der Waals surface area contributed by atoms with Crippen molar-refractivity contribution >= 4 is 11.0 Å². The van der Waals surface area contributed by atoms with Gasteiger partial charge in [-0.1, -0.05) is 0 Å². The van der Waals surface area contributed by atoms with Gasteiger partial charge in [0.25, 0.3) is 11.1 Å². The first-order valence-electron chi connectivity index (χ1n) is 6.42. The van der Waals surface area contributed by atoms with Gasteiger partial charge in [0.2, 0.25) is 0 Å². The van der Waals surface area contributed by atoms with E-state index in [0.717, 1.165) is 9.13 Å². The molecule has 0 saturated heterocycles. The van der Waals surface area contributed by atoms with Gasteiger partial charge in [-0.2, -0.15) is 4.98 Å². The van der Waals surface area contributed by atoms with Gasteiger partial charge in [0, 0.05) is 28.2 Å². The van der Waals surface area contributed by atoms with E-state index in [1.165, 1.54) is 36.3 Å². The number of aromatic nitrogens is 5. The summed E-state index contributed by atoms with van der Waals surface area (Å²) in [5, 5.41) is 0.206. The van der Waals surface area contributed by atoms with Crippen LogP contribution in [0.3, 0.4) is 0 Å². The van der Waals surface area contributed by atoms with Crippen molar-refractivity contribution in [2.24, 2.45) is 28.2 Å². The number of aryl methyl sites for hydroxylation is 2. The molecule has 0 saturated carbocycles. The molecule has 0 bridgehead atoms. The largest absolute Gasteiger partial charge is 0.352 e. The molecular formula is C13H13N5O4. The van der Waals surface area contributed by atoms with E-state index in [1.807, 2.05) is 0 Å². The van der Waals surface area contributed by atoms with Crippen LogP contribution in [0, 0.1) is 0 Å². The van der Waals surface area contributed by atoms with Crippen molar-refractivity contribution in [1.82, 2.24) is 23.3 Å². The van der Waals surface area contributed by atoms with E-state index in [1.54, 1.807) is 7.05 Å². The summed E-state index contributed by atoms with van der Waals surface area (Å²) >= 11 is 0. The van der Waals surface area contributed by atoms with Crippen LogP contribution < -0.4 is 22.5 Å². The predicted octanol–water partition coefficient (Wildman–Crippen LogP) is -1.87. The van der Waals surface area contributed by atoms with Crippen LogP contribution in [-0.2, 0) is 28.2 Å². The fourth-order valence-electron chi connectivity index (χ4n) is 2.61. The Kier molecular flexibility index (Phi) is 2.71. The minimum Gasteiger partial charge on any atom is -0.314 e. The van der Waals surface area contributed by atoms with Gasteiger partial charge in [-0.25, -0.2) is 9.59 Å². The quantitative estimate of drug-likeness (QED) is 0.453. The van der Waals surface area contributed by atoms with E-state index >= 15 is 0 Å². The lowest BCUT2D eigenvalue weighted by molar-refractivity contribution is 0.687. The summed E-state index contributed by atoms with van der Waals surface area (Å²) in [6.45, 7) is 0. The van der Waals surface area contributed by atoms with Crippen LogP contribution in [0.4, 0.5) is 0 Å². The predicted molar refractivity (Wildman–Crippen MR) is 79.3 cm³/mol. The number of pyridine rings is 1. The second kappa shape index (κ2) is 4.26. The van der Waals surface area contributed by atoms with E-state index in [4.69, 9.17) is 0 Å². The maximum absolute atomic E-state index is 12.3. The molecule has 0 radical (unpaired) electrons. The Morgan fingerprint density at radius 3 is 2.09 bits per heavy atom. The van der Waals surface area contributed by atoms with Crippen molar-refractivity contribution in [2.75, 3.05) is 0 Å². The summed E-state index contributed by atoms with van der Waals surface area (Å²) in [6.07, 6.45) is 0. The van der Waals surface area contributed by atoms with Crippen LogP contribution in [0.25, 0.3) is 22.4 Å². The molecule has 3 heterocycles. The first kappa shape index (κ1) is 14.0. The molecule has 2 aliphatic rings. The Hall–Kier alpha value is -2.97. The van der Waals surface area contributed by atoms with Gasteiger partial charge >= 0.3 is 11.4 Å². The van der Waals surface area contributed by atoms with Crippen molar-refractivity contribution < 1.29 is 0 Å². The topological polar surface area (TPSA) is 101 Å². The SMILES string of the molecule is Cn1c(=O)nc2n(C)c3c(cc-2c1=O)c(=O)n(C)c(=O)n3C. The highest BCUT2D eigenvalue weighted by Gasteiger charge is 2.20. The normalized spacial score (nSPS) is 11.5. The second-order valence-electron chi connectivity index (χ2n) is 5.14. The van der Waals surface area contributed by atoms with Gasteiger partial charge in [0.05, 0.1) is 10.9 Å². The monoisotopic (exact) mass is 303 g/mol. The van der Waals surface area contributed by atoms with Gasteiger partial charge in [0.1, 0.15) is 5.65 Å². The minimum atomic E-state index is -0.693. The summed E-state index contributed by atoms with van der Waals surface area (Å²) in [6, 6.07) is 1.38. The molecule has 3 rings (SSSR count). The first-order valence-corrected chi connectivity index (χ1v) is 6.42. The maximum atomic E-state index is 12.3. The zero-order valence-corrected chi connectivity index (χ0v) is 12.4. The molecule has 1 aromatic rings. The standard InChI is InChI=1S/C13H13N5O4/c1-15-8-6(10(19)17(3)12(21)14-8)5-7-9(15)16(2)13(22)18(4)11(7)20/h5H,1-4H3. The van der Waals surface area contributed by atoms with Gasteiger partial charge in [-0.15, -0.1) is 0 Å². The number of nitrogens with zero attached hydrogens (tertiary/aromatic N) is 5. The lowest BCUT2D eigenvalue weighted by atomic mass is 10.2. The molecule has 9 heteroatoms. The molecule has 9 nitrogen and oxygen atoms in total. The zero-order valence-electron chi connectivity index (χ0n) is 12.4. The summed E-state index contributed by atoms with van der Waals surface area (Å²) < 4.78 is 4.53. The highest BCUT2D eigenvalue weighted by Crippen LogP contribution is 2.18. The van der Waals surface area contributed by atoms with Crippen LogP contribution in [0.5, 0.6) is 0 Å².